The van der Waals surface area contributed by atoms with Crippen molar-refractivity contribution in [1.29, 1.82) is 0 Å². The molecule has 1 aromatic rings. The molecular weight excluding hydrogens is 364 g/mol. The molecule has 2 aliphatic heterocycles. The van der Waals surface area contributed by atoms with Gasteiger partial charge in [0.15, 0.2) is 0 Å². The lowest BCUT2D eigenvalue weighted by Gasteiger charge is -2.39. The molecule has 0 saturated carbocycles. The van der Waals surface area contributed by atoms with Gasteiger partial charge in [0.25, 0.3) is 0 Å². The number of nitrogens with zero attached hydrogens (tertiary/aromatic N) is 2. The van der Waals surface area contributed by atoms with Crippen LogP contribution in [-0.4, -0.2) is 67.2 Å². The molecular formula is C24H36N2O3. The molecule has 5 heteroatoms. The fourth-order valence-corrected chi connectivity index (χ4v) is 4.30. The summed E-state index contributed by atoms with van der Waals surface area (Å²) in [7, 11) is 0. The van der Waals surface area contributed by atoms with Gasteiger partial charge >= 0.3 is 0 Å². The number of benzene rings is 1. The first-order valence-electron chi connectivity index (χ1n) is 11.1. The third kappa shape index (κ3) is 6.86. The van der Waals surface area contributed by atoms with E-state index in [-0.39, 0.29) is 5.91 Å². The zero-order chi connectivity index (χ0) is 20.6. The van der Waals surface area contributed by atoms with Crippen molar-refractivity contribution in [1.82, 2.24) is 9.80 Å². The van der Waals surface area contributed by atoms with E-state index in [1.54, 1.807) is 6.08 Å². The molecule has 2 unspecified atom stereocenters. The second-order valence-electron chi connectivity index (χ2n) is 8.50. The highest BCUT2D eigenvalue weighted by atomic mass is 16.5. The second kappa shape index (κ2) is 10.8. The Kier molecular flexibility index (Phi) is 8.13. The van der Waals surface area contributed by atoms with Gasteiger partial charge in [-0.3, -0.25) is 9.69 Å². The van der Waals surface area contributed by atoms with Gasteiger partial charge in [-0.1, -0.05) is 19.1 Å². The highest BCUT2D eigenvalue weighted by molar-refractivity contribution is 5.91. The number of piperidine rings is 1. The van der Waals surface area contributed by atoms with Crippen molar-refractivity contribution in [3.63, 3.8) is 0 Å². The van der Waals surface area contributed by atoms with Crippen LogP contribution in [0.25, 0.3) is 6.08 Å². The molecule has 0 aliphatic carbocycles. The molecule has 0 bridgehead atoms. The Labute approximate surface area is 175 Å². The molecule has 1 amide bonds. The molecule has 2 aliphatic rings. The lowest BCUT2D eigenvalue weighted by atomic mass is 9.95. The van der Waals surface area contributed by atoms with E-state index >= 15 is 0 Å². The third-order valence-electron chi connectivity index (χ3n) is 5.71. The molecule has 5 nitrogen and oxygen atoms in total. The largest absolute Gasteiger partial charge is 0.494 e. The van der Waals surface area contributed by atoms with E-state index in [9.17, 15) is 4.79 Å². The van der Waals surface area contributed by atoms with E-state index in [2.05, 4.69) is 25.7 Å². The van der Waals surface area contributed by atoms with E-state index < -0.39 is 0 Å². The number of carbonyl (C=O) groups excluding carboxylic acids is 1. The lowest BCUT2D eigenvalue weighted by molar-refractivity contribution is -0.127. The van der Waals surface area contributed by atoms with Crippen molar-refractivity contribution in [2.75, 3.05) is 39.3 Å². The van der Waals surface area contributed by atoms with Gasteiger partial charge in [0.1, 0.15) is 5.75 Å². The van der Waals surface area contributed by atoms with Crippen molar-refractivity contribution >= 4 is 12.0 Å². The Morgan fingerprint density at radius 2 is 1.79 bits per heavy atom. The minimum absolute atomic E-state index is 0.114. The number of likely N-dealkylation sites (tertiary alicyclic amines) is 1. The average Bonchev–Trinajstić information content (AvgIpc) is 2.71. The first-order chi connectivity index (χ1) is 14.0. The maximum atomic E-state index is 12.5. The molecule has 0 spiro atoms. The van der Waals surface area contributed by atoms with Crippen LogP contribution in [0.5, 0.6) is 5.75 Å². The highest BCUT2D eigenvalue weighted by Crippen LogP contribution is 2.21. The second-order valence-corrected chi connectivity index (χ2v) is 8.50. The zero-order valence-electron chi connectivity index (χ0n) is 18.2. The number of hydrogen-bond donors (Lipinski definition) is 0. The Bertz CT molecular complexity index is 655. The van der Waals surface area contributed by atoms with E-state index in [0.29, 0.717) is 18.1 Å². The molecule has 0 radical (unpaired) electrons. The number of morpholine rings is 1. The normalized spacial score (nSPS) is 24.2. The third-order valence-corrected chi connectivity index (χ3v) is 5.71. The van der Waals surface area contributed by atoms with Crippen LogP contribution in [0, 0.1) is 5.92 Å². The predicted octanol–water partition coefficient (Wildman–Crippen LogP) is 3.84. The van der Waals surface area contributed by atoms with E-state index in [4.69, 9.17) is 9.47 Å². The lowest BCUT2D eigenvalue weighted by Crippen LogP contribution is -2.48. The monoisotopic (exact) mass is 400 g/mol. The molecule has 160 valence electrons. The van der Waals surface area contributed by atoms with Gasteiger partial charge in [0.05, 0.1) is 18.8 Å². The van der Waals surface area contributed by atoms with E-state index in [0.717, 1.165) is 69.9 Å². The number of ether oxygens (including phenoxy) is 2. The summed E-state index contributed by atoms with van der Waals surface area (Å²) < 4.78 is 11.4. The van der Waals surface area contributed by atoms with E-state index in [1.807, 2.05) is 35.2 Å². The van der Waals surface area contributed by atoms with Crippen LogP contribution in [0.4, 0.5) is 0 Å². The Hall–Kier alpha value is -1.85. The quantitative estimate of drug-likeness (QED) is 0.652. The first-order valence-corrected chi connectivity index (χ1v) is 11.1. The highest BCUT2D eigenvalue weighted by Gasteiger charge is 2.27. The predicted molar refractivity (Wildman–Crippen MR) is 117 cm³/mol. The number of amides is 1. The van der Waals surface area contributed by atoms with Crippen molar-refractivity contribution in [2.24, 2.45) is 5.92 Å². The molecule has 3 rings (SSSR count). The first kappa shape index (κ1) is 21.8. The Balaban J connectivity index is 1.42. The standard InChI is InChI=1S/C24H36N2O3/c1-4-15-28-23-8-5-21(6-9-23)7-10-24(27)26-13-11-22(12-14-26)18-25-16-19(2)29-20(3)17-25/h5-10,19-20,22H,4,11-18H2,1-3H3/b10-7+. The average molecular weight is 401 g/mol. The van der Waals surface area contributed by atoms with Gasteiger partial charge in [-0.25, -0.2) is 0 Å². The number of hydrogen-bond acceptors (Lipinski definition) is 4. The van der Waals surface area contributed by atoms with E-state index in [1.165, 1.54) is 0 Å². The van der Waals surface area contributed by atoms with Gasteiger partial charge in [-0.2, -0.15) is 0 Å². The maximum Gasteiger partial charge on any atom is 0.246 e. The van der Waals surface area contributed by atoms with Crippen LogP contribution in [0.1, 0.15) is 45.6 Å². The minimum Gasteiger partial charge on any atom is -0.494 e. The summed E-state index contributed by atoms with van der Waals surface area (Å²) in [5.74, 6) is 1.67. The van der Waals surface area contributed by atoms with Gasteiger partial charge in [-0.15, -0.1) is 0 Å². The zero-order valence-corrected chi connectivity index (χ0v) is 18.2. The van der Waals surface area contributed by atoms with Crippen LogP contribution < -0.4 is 4.74 Å². The number of rotatable bonds is 7. The molecule has 29 heavy (non-hydrogen) atoms. The summed E-state index contributed by atoms with van der Waals surface area (Å²) >= 11 is 0. The molecule has 0 N–H and O–H groups in total. The number of carbonyl (C=O) groups is 1. The van der Waals surface area contributed by atoms with Gasteiger partial charge in [0.2, 0.25) is 5.91 Å². The fraction of sp³-hybridized carbons (Fsp3) is 0.625. The summed E-state index contributed by atoms with van der Waals surface area (Å²) in [6.07, 6.45) is 7.40. The van der Waals surface area contributed by atoms with Crippen molar-refractivity contribution in [3.05, 3.63) is 35.9 Å². The molecule has 2 fully saturated rings. The Morgan fingerprint density at radius 3 is 2.41 bits per heavy atom. The fourth-order valence-electron chi connectivity index (χ4n) is 4.30. The Morgan fingerprint density at radius 1 is 1.14 bits per heavy atom. The van der Waals surface area contributed by atoms with Gasteiger partial charge in [-0.05, 0) is 62.8 Å². The summed E-state index contributed by atoms with van der Waals surface area (Å²) in [6.45, 7) is 12.0. The molecule has 2 atom stereocenters. The molecule has 2 saturated heterocycles. The molecule has 1 aromatic carbocycles. The van der Waals surface area contributed by atoms with Crippen molar-refractivity contribution in [3.8, 4) is 5.75 Å². The summed E-state index contributed by atoms with van der Waals surface area (Å²) in [4.78, 5) is 17.1. The molecule has 2 heterocycles. The van der Waals surface area contributed by atoms with Gasteiger partial charge < -0.3 is 14.4 Å². The molecule has 0 aromatic heterocycles. The van der Waals surface area contributed by atoms with Crippen LogP contribution in [0.15, 0.2) is 30.3 Å². The van der Waals surface area contributed by atoms with Crippen LogP contribution in [0.3, 0.4) is 0 Å². The summed E-state index contributed by atoms with van der Waals surface area (Å²) in [5, 5.41) is 0. The minimum atomic E-state index is 0.114. The smallest absolute Gasteiger partial charge is 0.246 e. The SMILES string of the molecule is CCCOc1ccc(/C=C/C(=O)N2CCC(CN3CC(C)OC(C)C3)CC2)cc1. The van der Waals surface area contributed by atoms with Crippen LogP contribution >= 0.6 is 0 Å². The van der Waals surface area contributed by atoms with Crippen LogP contribution in [0.2, 0.25) is 0 Å². The topological polar surface area (TPSA) is 42.0 Å². The van der Waals surface area contributed by atoms with Crippen molar-refractivity contribution < 1.29 is 14.3 Å². The van der Waals surface area contributed by atoms with Crippen molar-refractivity contribution in [2.45, 2.75) is 52.2 Å². The summed E-state index contributed by atoms with van der Waals surface area (Å²) in [6, 6.07) is 7.90. The maximum absolute atomic E-state index is 12.5. The summed E-state index contributed by atoms with van der Waals surface area (Å²) in [5.41, 5.74) is 1.02. The van der Waals surface area contributed by atoms with Gasteiger partial charge in [0, 0.05) is 38.8 Å². The van der Waals surface area contributed by atoms with Crippen LogP contribution in [-0.2, 0) is 9.53 Å².